The van der Waals surface area contributed by atoms with Crippen LogP contribution >= 0.6 is 0 Å². The molecule has 0 bridgehead atoms. The third-order valence-corrected chi connectivity index (χ3v) is 5.37. The second kappa shape index (κ2) is 17.9. The average molecular weight is 399 g/mol. The normalized spacial score (nSPS) is 14.8. The topological polar surface area (TPSA) is 44.8 Å². The second-order valence-electron chi connectivity index (χ2n) is 8.48. The van der Waals surface area contributed by atoms with Gasteiger partial charge in [-0.05, 0) is 56.4 Å². The molecule has 28 heavy (non-hydrogen) atoms. The molecule has 0 heterocycles. The molecule has 0 rings (SSSR count). The van der Waals surface area contributed by atoms with Crippen LogP contribution < -0.4 is 0 Å². The van der Waals surface area contributed by atoms with Gasteiger partial charge in [0.05, 0.1) is 0 Å². The summed E-state index contributed by atoms with van der Waals surface area (Å²) >= 11 is 0. The van der Waals surface area contributed by atoms with Crippen molar-refractivity contribution >= 4 is 6.16 Å². The number of rotatable bonds is 17. The third kappa shape index (κ3) is 14.8. The van der Waals surface area contributed by atoms with Crippen LogP contribution in [0.5, 0.6) is 0 Å². The zero-order valence-electron chi connectivity index (χ0n) is 19.4. The van der Waals surface area contributed by atoms with E-state index in [9.17, 15) is 4.79 Å². The Kier molecular flexibility index (Phi) is 17.1. The zero-order chi connectivity index (χ0) is 21.2. The fourth-order valence-electron chi connectivity index (χ4n) is 3.57. The first-order valence-electron chi connectivity index (χ1n) is 11.6. The van der Waals surface area contributed by atoms with Gasteiger partial charge in [-0.1, -0.05) is 79.6 Å². The van der Waals surface area contributed by atoms with E-state index in [1.165, 1.54) is 51.2 Å². The van der Waals surface area contributed by atoms with Crippen molar-refractivity contribution in [3.63, 3.8) is 0 Å². The number of ether oxygens (including phenoxy) is 1. The highest BCUT2D eigenvalue weighted by molar-refractivity contribution is 5.59. The number of allylic oxidation sites excluding steroid dienone is 1. The van der Waals surface area contributed by atoms with E-state index in [1.54, 1.807) is 0 Å². The molecule has 4 heteroatoms. The molecule has 0 aliphatic rings. The minimum absolute atomic E-state index is 0.150. The Balaban J connectivity index is 4.33. The van der Waals surface area contributed by atoms with Gasteiger partial charge in [-0.15, -0.1) is 0 Å². The molecule has 0 fully saturated rings. The van der Waals surface area contributed by atoms with Gasteiger partial charge >= 0.3 is 6.16 Å². The van der Waals surface area contributed by atoms with Crippen LogP contribution in [-0.4, -0.2) is 12.3 Å². The van der Waals surface area contributed by atoms with Crippen molar-refractivity contribution in [1.82, 2.24) is 0 Å². The summed E-state index contributed by atoms with van der Waals surface area (Å²) in [5.74, 6) is 1.45. The van der Waals surface area contributed by atoms with Crippen LogP contribution in [0.1, 0.15) is 112 Å². The molecule has 0 aromatic heterocycles. The van der Waals surface area contributed by atoms with Gasteiger partial charge in [0, 0.05) is 0 Å². The predicted octanol–water partition coefficient (Wildman–Crippen LogP) is 8.21. The molecule has 0 aromatic carbocycles. The lowest BCUT2D eigenvalue weighted by Gasteiger charge is -2.23. The summed E-state index contributed by atoms with van der Waals surface area (Å²) in [6.07, 6.45) is 15.4. The summed E-state index contributed by atoms with van der Waals surface area (Å²) in [5, 5.41) is 0. The van der Waals surface area contributed by atoms with E-state index < -0.39 is 6.16 Å². The molecule has 0 aromatic rings. The maximum absolute atomic E-state index is 12.0. The highest BCUT2D eigenvalue weighted by Gasteiger charge is 2.22. The van der Waals surface area contributed by atoms with Crippen LogP contribution in [0.4, 0.5) is 4.79 Å². The fourth-order valence-corrected chi connectivity index (χ4v) is 3.57. The number of unbranched alkanes of at least 4 members (excludes halogenated alkanes) is 5. The van der Waals surface area contributed by atoms with E-state index in [0.717, 1.165) is 25.7 Å². The fraction of sp³-hybridized carbons (Fsp3) is 0.875. The predicted molar refractivity (Wildman–Crippen MR) is 117 cm³/mol. The van der Waals surface area contributed by atoms with Crippen molar-refractivity contribution in [3.8, 4) is 0 Å². The van der Waals surface area contributed by atoms with Crippen molar-refractivity contribution in [2.75, 3.05) is 0 Å². The Bertz CT molecular complexity index is 392. The Morgan fingerprint density at radius 3 is 2.07 bits per heavy atom. The van der Waals surface area contributed by atoms with Crippen LogP contribution in [0.2, 0.25) is 0 Å². The summed E-state index contributed by atoms with van der Waals surface area (Å²) in [6, 6.07) is 0. The lowest BCUT2D eigenvalue weighted by Crippen LogP contribution is -2.24. The van der Waals surface area contributed by atoms with Gasteiger partial charge in [0.1, 0.15) is 12.4 Å². The highest BCUT2D eigenvalue weighted by Crippen LogP contribution is 2.24. The van der Waals surface area contributed by atoms with E-state index in [-0.39, 0.29) is 6.10 Å². The Hall–Kier alpha value is -1.19. The van der Waals surface area contributed by atoms with Gasteiger partial charge in [0.25, 0.3) is 0 Å². The Morgan fingerprint density at radius 2 is 1.50 bits per heavy atom. The highest BCUT2D eigenvalue weighted by atomic mass is 17.2. The smallest absolute Gasteiger partial charge is 0.428 e. The molecule has 3 atom stereocenters. The quantitative estimate of drug-likeness (QED) is 0.0814. The van der Waals surface area contributed by atoms with Crippen LogP contribution in [0.15, 0.2) is 12.3 Å². The molecule has 0 radical (unpaired) electrons. The minimum Gasteiger partial charge on any atom is -0.428 e. The van der Waals surface area contributed by atoms with Gasteiger partial charge in [0.2, 0.25) is 0 Å². The summed E-state index contributed by atoms with van der Waals surface area (Å²) in [5.41, 5.74) is 0. The molecule has 0 aliphatic carbocycles. The molecule has 166 valence electrons. The van der Waals surface area contributed by atoms with Crippen molar-refractivity contribution in [2.24, 2.45) is 17.8 Å². The van der Waals surface area contributed by atoms with E-state index in [1.807, 2.05) is 13.0 Å². The number of carbonyl (C=O) groups is 1. The number of hydrogen-bond acceptors (Lipinski definition) is 4. The van der Waals surface area contributed by atoms with Gasteiger partial charge in [-0.25, -0.2) is 4.89 Å². The lowest BCUT2D eigenvalue weighted by atomic mass is 9.90. The average Bonchev–Trinajstić information content (AvgIpc) is 2.65. The van der Waals surface area contributed by atoms with Crippen LogP contribution in [-0.2, 0) is 14.5 Å². The van der Waals surface area contributed by atoms with Crippen LogP contribution in [0, 0.1) is 17.8 Å². The van der Waals surface area contributed by atoms with E-state index in [4.69, 9.17) is 14.5 Å². The van der Waals surface area contributed by atoms with E-state index in [0.29, 0.717) is 17.8 Å². The summed E-state index contributed by atoms with van der Waals surface area (Å²) in [6.45, 7) is 13.0. The van der Waals surface area contributed by atoms with Gasteiger partial charge in [-0.3, -0.25) is 4.89 Å². The standard InChI is InChI=1S/C24H46O4/c1-7-10-12-14-16-23(15-13-11-8-2)21(6)27-24(25)28-26-18-17-22(9-3)19-20(4)5/h17-18,20-23H,7-16,19H2,1-6H3/b18-17-. The zero-order valence-corrected chi connectivity index (χ0v) is 19.4. The Morgan fingerprint density at radius 1 is 0.893 bits per heavy atom. The lowest BCUT2D eigenvalue weighted by molar-refractivity contribution is -0.213. The van der Waals surface area contributed by atoms with Crippen molar-refractivity contribution in [1.29, 1.82) is 0 Å². The molecule has 0 aliphatic heterocycles. The van der Waals surface area contributed by atoms with Crippen molar-refractivity contribution in [3.05, 3.63) is 12.3 Å². The first-order chi connectivity index (χ1) is 13.4. The summed E-state index contributed by atoms with van der Waals surface area (Å²) < 4.78 is 5.48. The molecular formula is C24H46O4. The largest absolute Gasteiger partial charge is 0.550 e. The Labute approximate surface area is 174 Å². The van der Waals surface area contributed by atoms with Crippen LogP contribution in [0.25, 0.3) is 0 Å². The van der Waals surface area contributed by atoms with Gasteiger partial charge in [0.15, 0.2) is 0 Å². The first kappa shape index (κ1) is 26.8. The molecule has 3 unspecified atom stereocenters. The third-order valence-electron chi connectivity index (χ3n) is 5.37. The number of hydrogen-bond donors (Lipinski definition) is 0. The van der Waals surface area contributed by atoms with E-state index in [2.05, 4.69) is 34.6 Å². The number of carbonyl (C=O) groups excluding carboxylic acids is 1. The SMILES string of the molecule is CCCCCCC(CCCCC)C(C)OC(=O)OO/C=C\C(CC)CC(C)C. The molecule has 0 amide bonds. The maximum atomic E-state index is 12.0. The monoisotopic (exact) mass is 398 g/mol. The first-order valence-corrected chi connectivity index (χ1v) is 11.6. The maximum Gasteiger partial charge on any atom is 0.550 e. The molecule has 0 spiro atoms. The summed E-state index contributed by atoms with van der Waals surface area (Å²) in [7, 11) is 0. The van der Waals surface area contributed by atoms with Crippen molar-refractivity contribution in [2.45, 2.75) is 118 Å². The molecule has 0 saturated carbocycles. The molecule has 0 N–H and O–H groups in total. The summed E-state index contributed by atoms with van der Waals surface area (Å²) in [4.78, 5) is 21.7. The molecular weight excluding hydrogens is 352 g/mol. The van der Waals surface area contributed by atoms with Gasteiger partial charge in [-0.2, -0.15) is 4.79 Å². The van der Waals surface area contributed by atoms with E-state index >= 15 is 0 Å². The van der Waals surface area contributed by atoms with Gasteiger partial charge < -0.3 is 4.74 Å². The van der Waals surface area contributed by atoms with Crippen molar-refractivity contribution < 1.29 is 19.3 Å². The molecule has 0 saturated heterocycles. The second-order valence-corrected chi connectivity index (χ2v) is 8.48. The molecule has 4 nitrogen and oxygen atoms in total. The minimum atomic E-state index is -0.747. The van der Waals surface area contributed by atoms with Crippen LogP contribution in [0.3, 0.4) is 0 Å².